The van der Waals surface area contributed by atoms with Crippen LogP contribution >= 0.6 is 0 Å². The highest BCUT2D eigenvalue weighted by atomic mass is 14.4. The molecule has 0 aliphatic heterocycles. The molecule has 0 saturated heterocycles. The van der Waals surface area contributed by atoms with Crippen LogP contribution < -0.4 is 0 Å². The summed E-state index contributed by atoms with van der Waals surface area (Å²) in [5.74, 6) is 5.01. The second kappa shape index (κ2) is 6.67. The Kier molecular flexibility index (Phi) is 5.86. The molecule has 2 atom stereocenters. The summed E-state index contributed by atoms with van der Waals surface area (Å²) >= 11 is 0. The van der Waals surface area contributed by atoms with Crippen molar-refractivity contribution < 1.29 is 0 Å². The molecule has 1 rings (SSSR count). The largest absolute Gasteiger partial charge is 0.0651 e. The Morgan fingerprint density at radius 2 is 1.62 bits per heavy atom. The number of rotatable bonds is 7. The van der Waals surface area contributed by atoms with Crippen molar-refractivity contribution in [2.75, 3.05) is 0 Å². The maximum atomic E-state index is 2.42. The SMILES string of the molecule is CCC(C)CC1CC(C(CC)CC(C)C)C1. The van der Waals surface area contributed by atoms with Crippen LogP contribution in [0.4, 0.5) is 0 Å². The first-order valence-electron chi connectivity index (χ1n) is 7.56. The fourth-order valence-corrected chi connectivity index (χ4v) is 3.40. The van der Waals surface area contributed by atoms with Gasteiger partial charge in [0.05, 0.1) is 0 Å². The quantitative estimate of drug-likeness (QED) is 0.534. The molecule has 96 valence electrons. The predicted molar refractivity (Wildman–Crippen MR) is 73.5 cm³/mol. The summed E-state index contributed by atoms with van der Waals surface area (Å²) in [6, 6.07) is 0. The topological polar surface area (TPSA) is 0 Å². The zero-order valence-corrected chi connectivity index (χ0v) is 12.1. The smallest absolute Gasteiger partial charge is 0.0381 e. The molecule has 0 spiro atoms. The fraction of sp³-hybridized carbons (Fsp3) is 1.00. The van der Waals surface area contributed by atoms with Gasteiger partial charge in [0.1, 0.15) is 0 Å². The summed E-state index contributed by atoms with van der Waals surface area (Å²) in [7, 11) is 0. The lowest BCUT2D eigenvalue weighted by Gasteiger charge is -2.42. The van der Waals surface area contributed by atoms with Crippen LogP contribution in [0.3, 0.4) is 0 Å². The highest BCUT2D eigenvalue weighted by Gasteiger charge is 2.34. The molecule has 1 aliphatic rings. The lowest BCUT2D eigenvalue weighted by Crippen LogP contribution is -2.31. The van der Waals surface area contributed by atoms with E-state index in [0.29, 0.717) is 0 Å². The maximum Gasteiger partial charge on any atom is -0.0381 e. The van der Waals surface area contributed by atoms with E-state index in [1.54, 1.807) is 0 Å². The summed E-state index contributed by atoms with van der Waals surface area (Å²) in [4.78, 5) is 0. The second-order valence-electron chi connectivity index (χ2n) is 6.64. The standard InChI is InChI=1S/C16H32/c1-6-13(5)9-14-10-16(11-14)15(7-2)8-12(3)4/h12-16H,6-11H2,1-5H3. The second-order valence-corrected chi connectivity index (χ2v) is 6.64. The lowest BCUT2D eigenvalue weighted by molar-refractivity contribution is 0.0891. The molecule has 0 heterocycles. The van der Waals surface area contributed by atoms with Gasteiger partial charge in [0.15, 0.2) is 0 Å². The van der Waals surface area contributed by atoms with Crippen molar-refractivity contribution in [3.63, 3.8) is 0 Å². The van der Waals surface area contributed by atoms with E-state index in [4.69, 9.17) is 0 Å². The lowest BCUT2D eigenvalue weighted by atomic mass is 9.64. The van der Waals surface area contributed by atoms with Gasteiger partial charge in [0, 0.05) is 0 Å². The van der Waals surface area contributed by atoms with Crippen LogP contribution in [0.25, 0.3) is 0 Å². The van der Waals surface area contributed by atoms with Gasteiger partial charge in [-0.1, -0.05) is 47.5 Å². The van der Waals surface area contributed by atoms with Gasteiger partial charge in [-0.15, -0.1) is 0 Å². The Morgan fingerprint density at radius 3 is 2.06 bits per heavy atom. The van der Waals surface area contributed by atoms with Crippen molar-refractivity contribution in [1.29, 1.82) is 0 Å². The molecule has 2 unspecified atom stereocenters. The van der Waals surface area contributed by atoms with E-state index in [1.165, 1.54) is 38.5 Å². The average molecular weight is 224 g/mol. The van der Waals surface area contributed by atoms with E-state index in [2.05, 4.69) is 34.6 Å². The third kappa shape index (κ3) is 4.11. The van der Waals surface area contributed by atoms with Gasteiger partial charge < -0.3 is 0 Å². The van der Waals surface area contributed by atoms with Crippen molar-refractivity contribution in [2.24, 2.45) is 29.6 Å². The first kappa shape index (κ1) is 14.1. The predicted octanol–water partition coefficient (Wildman–Crippen LogP) is 5.52. The van der Waals surface area contributed by atoms with E-state index < -0.39 is 0 Å². The number of hydrogen-bond acceptors (Lipinski definition) is 0. The molecule has 0 nitrogen and oxygen atoms in total. The van der Waals surface area contributed by atoms with Gasteiger partial charge in [-0.3, -0.25) is 0 Å². The molecular formula is C16H32. The Morgan fingerprint density at radius 1 is 1.00 bits per heavy atom. The maximum absolute atomic E-state index is 2.42. The normalized spacial score (nSPS) is 28.9. The van der Waals surface area contributed by atoms with Crippen LogP contribution in [0.15, 0.2) is 0 Å². The van der Waals surface area contributed by atoms with Gasteiger partial charge >= 0.3 is 0 Å². The summed E-state index contributed by atoms with van der Waals surface area (Å²) in [6.07, 6.45) is 8.79. The van der Waals surface area contributed by atoms with Crippen LogP contribution in [0.2, 0.25) is 0 Å². The van der Waals surface area contributed by atoms with Gasteiger partial charge in [-0.2, -0.15) is 0 Å². The van der Waals surface area contributed by atoms with Crippen LogP contribution in [0.1, 0.15) is 73.1 Å². The monoisotopic (exact) mass is 224 g/mol. The first-order valence-corrected chi connectivity index (χ1v) is 7.56. The fourth-order valence-electron chi connectivity index (χ4n) is 3.40. The van der Waals surface area contributed by atoms with Crippen LogP contribution in [0.5, 0.6) is 0 Å². The van der Waals surface area contributed by atoms with Gasteiger partial charge in [-0.25, -0.2) is 0 Å². The summed E-state index contributed by atoms with van der Waals surface area (Å²) in [5, 5.41) is 0. The highest BCUT2D eigenvalue weighted by Crippen LogP contribution is 2.45. The zero-order valence-electron chi connectivity index (χ0n) is 12.1. The molecule has 0 radical (unpaired) electrons. The van der Waals surface area contributed by atoms with Crippen LogP contribution in [0, 0.1) is 29.6 Å². The van der Waals surface area contributed by atoms with E-state index in [0.717, 1.165) is 29.6 Å². The molecule has 1 saturated carbocycles. The molecule has 16 heavy (non-hydrogen) atoms. The molecule has 0 amide bonds. The van der Waals surface area contributed by atoms with Crippen molar-refractivity contribution in [3.05, 3.63) is 0 Å². The molecular weight excluding hydrogens is 192 g/mol. The van der Waals surface area contributed by atoms with E-state index >= 15 is 0 Å². The van der Waals surface area contributed by atoms with Crippen molar-refractivity contribution in [2.45, 2.75) is 73.1 Å². The molecule has 0 heteroatoms. The van der Waals surface area contributed by atoms with E-state index in [9.17, 15) is 0 Å². The molecule has 1 aliphatic carbocycles. The van der Waals surface area contributed by atoms with Gasteiger partial charge in [0.2, 0.25) is 0 Å². The summed E-state index contributed by atoms with van der Waals surface area (Å²) in [5.41, 5.74) is 0. The minimum Gasteiger partial charge on any atom is -0.0651 e. The van der Waals surface area contributed by atoms with Crippen molar-refractivity contribution in [1.82, 2.24) is 0 Å². The Balaban J connectivity index is 2.22. The van der Waals surface area contributed by atoms with Crippen molar-refractivity contribution in [3.8, 4) is 0 Å². The third-order valence-corrected chi connectivity index (χ3v) is 4.67. The summed E-state index contributed by atoms with van der Waals surface area (Å²) in [6.45, 7) is 11.9. The first-order chi connectivity index (χ1) is 7.56. The Labute approximate surface area is 103 Å². The average Bonchev–Trinajstić information content (AvgIpc) is 2.19. The van der Waals surface area contributed by atoms with E-state index in [1.807, 2.05) is 0 Å². The van der Waals surface area contributed by atoms with Gasteiger partial charge in [0.25, 0.3) is 0 Å². The highest BCUT2D eigenvalue weighted by molar-refractivity contribution is 4.85. The molecule has 0 aromatic rings. The molecule has 1 fully saturated rings. The zero-order chi connectivity index (χ0) is 12.1. The summed E-state index contributed by atoms with van der Waals surface area (Å²) < 4.78 is 0. The minimum atomic E-state index is 0.888. The molecule has 0 aromatic heterocycles. The molecule has 0 aromatic carbocycles. The third-order valence-electron chi connectivity index (χ3n) is 4.67. The van der Waals surface area contributed by atoms with E-state index in [-0.39, 0.29) is 0 Å². The minimum absolute atomic E-state index is 0.888. The van der Waals surface area contributed by atoms with Gasteiger partial charge in [-0.05, 0) is 55.3 Å². The molecule has 0 N–H and O–H groups in total. The molecule has 0 bridgehead atoms. The Bertz CT molecular complexity index is 176. The van der Waals surface area contributed by atoms with Crippen molar-refractivity contribution >= 4 is 0 Å². The van der Waals surface area contributed by atoms with Crippen LogP contribution in [-0.4, -0.2) is 0 Å². The Hall–Kier alpha value is 0. The number of hydrogen-bond donors (Lipinski definition) is 0. The van der Waals surface area contributed by atoms with Crippen LogP contribution in [-0.2, 0) is 0 Å².